The lowest BCUT2D eigenvalue weighted by Gasteiger charge is -2.48. The van der Waals surface area contributed by atoms with Crippen molar-refractivity contribution in [1.82, 2.24) is 0 Å². The first kappa shape index (κ1) is 49.1. The minimum absolute atomic E-state index is 0.0453. The zero-order chi connectivity index (χ0) is 45.9. The first-order chi connectivity index (χ1) is 33.1. The summed E-state index contributed by atoms with van der Waals surface area (Å²) in [6, 6.07) is 60.6. The predicted octanol–water partition coefficient (Wildman–Crippen LogP) is 10.4. The van der Waals surface area contributed by atoms with Gasteiger partial charge in [0.25, 0.3) is 0 Å². The Morgan fingerprint density at radius 1 is 0.343 bits per heavy atom. The van der Waals surface area contributed by atoms with Crippen LogP contribution in [0.1, 0.15) is 39.8 Å². The Hall–Kier alpha value is -4.35. The van der Waals surface area contributed by atoms with Gasteiger partial charge in [-0.2, -0.15) is 0 Å². The van der Waals surface area contributed by atoms with Crippen molar-refractivity contribution >= 4 is 22.6 Å². The molecule has 2 heterocycles. The highest BCUT2D eigenvalue weighted by Gasteiger charge is 2.52. The molecule has 11 heteroatoms. The summed E-state index contributed by atoms with van der Waals surface area (Å²) < 4.78 is 69.0. The van der Waals surface area contributed by atoms with Crippen molar-refractivity contribution in [3.8, 4) is 0 Å². The molecule has 6 aromatic carbocycles. The van der Waals surface area contributed by atoms with Crippen molar-refractivity contribution in [3.63, 3.8) is 0 Å². The molecule has 2 saturated heterocycles. The maximum Gasteiger partial charge on any atom is 0.186 e. The van der Waals surface area contributed by atoms with Gasteiger partial charge in [0.15, 0.2) is 12.6 Å². The first-order valence-electron chi connectivity index (χ1n) is 23.1. The second-order valence-electron chi connectivity index (χ2n) is 16.7. The summed E-state index contributed by atoms with van der Waals surface area (Å²) >= 11 is 2.40. The molecular formula is C56H61IO10. The molecule has 10 atom stereocenters. The van der Waals surface area contributed by atoms with Gasteiger partial charge in [0.2, 0.25) is 0 Å². The van der Waals surface area contributed by atoms with Gasteiger partial charge < -0.3 is 47.4 Å². The van der Waals surface area contributed by atoms with Gasteiger partial charge in [-0.05, 0) is 39.8 Å². The van der Waals surface area contributed by atoms with Crippen molar-refractivity contribution in [2.24, 2.45) is 0 Å². The second kappa shape index (κ2) is 26.4. The molecule has 352 valence electrons. The van der Waals surface area contributed by atoms with Gasteiger partial charge in [0, 0.05) is 11.5 Å². The molecule has 6 aromatic rings. The zero-order valence-corrected chi connectivity index (χ0v) is 40.1. The Balaban J connectivity index is 1.11. The van der Waals surface area contributed by atoms with Gasteiger partial charge in [0.1, 0.15) is 42.7 Å². The molecule has 0 saturated carbocycles. The van der Waals surface area contributed by atoms with E-state index in [1.165, 1.54) is 0 Å². The van der Waals surface area contributed by atoms with Gasteiger partial charge >= 0.3 is 0 Å². The van der Waals surface area contributed by atoms with E-state index < -0.39 is 55.3 Å². The average Bonchev–Trinajstić information content (AvgIpc) is 3.39. The summed E-state index contributed by atoms with van der Waals surface area (Å²) in [7, 11) is 1.62. The largest absolute Gasteiger partial charge is 0.368 e. The van der Waals surface area contributed by atoms with E-state index in [4.69, 9.17) is 47.4 Å². The normalized spacial score (nSPS) is 25.2. The molecule has 0 bridgehead atoms. The maximum absolute atomic E-state index is 7.02. The van der Waals surface area contributed by atoms with E-state index in [9.17, 15) is 0 Å². The summed E-state index contributed by atoms with van der Waals surface area (Å²) in [5.74, 6) is 0. The van der Waals surface area contributed by atoms with Gasteiger partial charge in [-0.25, -0.2) is 0 Å². The smallest absolute Gasteiger partial charge is 0.186 e. The third kappa shape index (κ3) is 14.3. The molecule has 0 aromatic heterocycles. The second-order valence-corrected chi connectivity index (χ2v) is 17.8. The highest BCUT2D eigenvalue weighted by molar-refractivity contribution is 14.1. The number of rotatable bonds is 24. The van der Waals surface area contributed by atoms with E-state index in [0.717, 1.165) is 37.8 Å². The van der Waals surface area contributed by atoms with Crippen LogP contribution in [0.5, 0.6) is 0 Å². The van der Waals surface area contributed by atoms with Crippen LogP contribution in [0, 0.1) is 0 Å². The Morgan fingerprint density at radius 3 is 0.955 bits per heavy atom. The number of halogens is 1. The molecule has 0 radical (unpaired) electrons. The van der Waals surface area contributed by atoms with E-state index in [2.05, 4.69) is 46.9 Å². The molecule has 10 nitrogen and oxygen atoms in total. The number of benzene rings is 6. The fourth-order valence-corrected chi connectivity index (χ4v) is 9.09. The summed E-state index contributed by atoms with van der Waals surface area (Å²) in [5, 5.41) is 0. The Kier molecular flexibility index (Phi) is 19.4. The van der Waals surface area contributed by atoms with Crippen LogP contribution in [0.4, 0.5) is 0 Å². The molecule has 0 unspecified atom stereocenters. The molecular weight excluding hydrogens is 960 g/mol. The summed E-state index contributed by atoms with van der Waals surface area (Å²) in [6.45, 7) is 2.00. The van der Waals surface area contributed by atoms with Crippen LogP contribution < -0.4 is 0 Å². The molecule has 0 amide bonds. The minimum Gasteiger partial charge on any atom is -0.368 e. The molecule has 2 fully saturated rings. The molecule has 2 aliphatic heterocycles. The summed E-state index contributed by atoms with van der Waals surface area (Å²) in [5.41, 5.74) is 6.12. The highest BCUT2D eigenvalue weighted by Crippen LogP contribution is 2.35. The SMILES string of the molecule is CO[C@H]1O[C@H](CO[C@H]2O[C@H](CCI)[C@@H](OCc3ccccc3)[C@H](OCc3ccccc3)[C@H]2OCc2ccccc2)[C@@H](OCc2ccccc2)[C@H](OCc2ccccc2)[C@H]1OCc1ccccc1. The maximum atomic E-state index is 7.02. The van der Waals surface area contributed by atoms with E-state index in [-0.39, 0.29) is 12.7 Å². The molecule has 2 aliphatic rings. The summed E-state index contributed by atoms with van der Waals surface area (Å²) in [4.78, 5) is 0. The zero-order valence-electron chi connectivity index (χ0n) is 37.9. The third-order valence-electron chi connectivity index (χ3n) is 11.9. The lowest BCUT2D eigenvalue weighted by Crippen LogP contribution is -2.63. The topological polar surface area (TPSA) is 92.3 Å². The predicted molar refractivity (Wildman–Crippen MR) is 264 cm³/mol. The van der Waals surface area contributed by atoms with Crippen LogP contribution >= 0.6 is 22.6 Å². The van der Waals surface area contributed by atoms with Gasteiger partial charge in [-0.3, -0.25) is 0 Å². The van der Waals surface area contributed by atoms with E-state index in [1.54, 1.807) is 7.11 Å². The van der Waals surface area contributed by atoms with Crippen LogP contribution in [0.25, 0.3) is 0 Å². The quantitative estimate of drug-likeness (QED) is 0.0431. The number of ether oxygens (including phenoxy) is 10. The van der Waals surface area contributed by atoms with Gasteiger partial charge in [0.05, 0.1) is 52.4 Å². The number of hydrogen-bond donors (Lipinski definition) is 0. The fourth-order valence-electron chi connectivity index (χ4n) is 8.48. The molecule has 0 aliphatic carbocycles. The van der Waals surface area contributed by atoms with Crippen LogP contribution in [0.3, 0.4) is 0 Å². The lowest BCUT2D eigenvalue weighted by molar-refractivity contribution is -0.349. The van der Waals surface area contributed by atoms with Crippen molar-refractivity contribution in [3.05, 3.63) is 215 Å². The molecule has 8 rings (SSSR count). The van der Waals surface area contributed by atoms with E-state index >= 15 is 0 Å². The first-order valence-corrected chi connectivity index (χ1v) is 24.6. The molecule has 0 spiro atoms. The van der Waals surface area contributed by atoms with Crippen LogP contribution in [-0.2, 0) is 87.0 Å². The van der Waals surface area contributed by atoms with E-state index in [0.29, 0.717) is 46.1 Å². The van der Waals surface area contributed by atoms with Crippen LogP contribution in [0.15, 0.2) is 182 Å². The Morgan fingerprint density at radius 2 is 0.627 bits per heavy atom. The van der Waals surface area contributed by atoms with Gasteiger partial charge in [-0.15, -0.1) is 0 Å². The Bertz CT molecular complexity index is 2250. The average molecular weight is 1020 g/mol. The highest BCUT2D eigenvalue weighted by atomic mass is 127. The number of alkyl halides is 1. The van der Waals surface area contributed by atoms with Crippen LogP contribution in [-0.4, -0.2) is 79.6 Å². The Labute approximate surface area is 408 Å². The minimum atomic E-state index is -0.885. The fraction of sp³-hybridized carbons (Fsp3) is 0.357. The summed E-state index contributed by atoms with van der Waals surface area (Å²) in [6.07, 6.45) is -5.83. The van der Waals surface area contributed by atoms with Crippen molar-refractivity contribution in [2.45, 2.75) is 107 Å². The van der Waals surface area contributed by atoms with Crippen LogP contribution in [0.2, 0.25) is 0 Å². The third-order valence-corrected chi connectivity index (χ3v) is 12.6. The standard InChI is InChI=1S/C56H61IO10/c1-58-55-53(63-38-45-28-16-6-17-29-45)52(62-37-44-26-14-5-15-27-44)50(60-35-42-22-10-3-11-23-42)48(67-55)40-65-56-54(64-39-46-30-18-7-19-31-46)51(61-36-43-24-12-4-13-25-43)49(47(66-56)32-33-57)59-34-41-20-8-2-9-21-41/h2-31,47-56H,32-40H2,1H3/t47-,48-,49-,50-,51+,52+,53-,54-,55+,56+/m1/s1. The number of hydrogen-bond acceptors (Lipinski definition) is 10. The van der Waals surface area contributed by atoms with Crippen molar-refractivity contribution in [2.75, 3.05) is 18.1 Å². The van der Waals surface area contributed by atoms with Crippen molar-refractivity contribution in [1.29, 1.82) is 0 Å². The monoisotopic (exact) mass is 1020 g/mol. The van der Waals surface area contributed by atoms with E-state index in [1.807, 2.05) is 158 Å². The molecule has 67 heavy (non-hydrogen) atoms. The molecule has 0 N–H and O–H groups in total. The number of methoxy groups -OCH3 is 1. The van der Waals surface area contributed by atoms with Gasteiger partial charge in [-0.1, -0.05) is 205 Å². The van der Waals surface area contributed by atoms with Crippen molar-refractivity contribution < 1.29 is 47.4 Å². The lowest BCUT2D eigenvalue weighted by atomic mass is 9.95.